The van der Waals surface area contributed by atoms with Crippen LogP contribution in [0.1, 0.15) is 16.4 Å². The Kier molecular flexibility index (Phi) is 6.40. The molecule has 1 aromatic rings. The van der Waals surface area contributed by atoms with E-state index >= 15 is 0 Å². The van der Waals surface area contributed by atoms with Crippen molar-refractivity contribution in [2.24, 2.45) is 0 Å². The minimum Gasteiger partial charge on any atom is -0.459 e. The van der Waals surface area contributed by atoms with Crippen LogP contribution >= 0.6 is 22.6 Å². The van der Waals surface area contributed by atoms with Crippen LogP contribution < -0.4 is 5.32 Å². The van der Waals surface area contributed by atoms with Gasteiger partial charge in [0.25, 0.3) is 0 Å². The highest BCUT2D eigenvalue weighted by atomic mass is 127. The number of hydrogen-bond acceptors (Lipinski definition) is 2. The van der Waals surface area contributed by atoms with E-state index in [2.05, 4.69) is 34.8 Å². The number of carbonyl (C=O) groups excluding carboxylic acids is 1. The minimum atomic E-state index is -0.208. The number of ether oxygens (including phenoxy) is 1. The molecule has 2 N–H and O–H groups in total. The molecular formula is C12H17INO2+. The van der Waals surface area contributed by atoms with Gasteiger partial charge in [-0.3, -0.25) is 4.79 Å². The van der Waals surface area contributed by atoms with Crippen LogP contribution in [0.4, 0.5) is 0 Å². The van der Waals surface area contributed by atoms with E-state index in [0.717, 1.165) is 18.7 Å². The topological polar surface area (TPSA) is 42.9 Å². The molecule has 1 aromatic carbocycles. The summed E-state index contributed by atoms with van der Waals surface area (Å²) >= 11 is 2.11. The molecule has 0 fully saturated rings. The zero-order valence-electron chi connectivity index (χ0n) is 9.36. The molecule has 0 aliphatic rings. The number of rotatable bonds is 6. The number of halogens is 1. The molecule has 0 aromatic heterocycles. The molecule has 0 saturated heterocycles. The summed E-state index contributed by atoms with van der Waals surface area (Å²) in [5.41, 5.74) is 0.993. The third-order valence-electron chi connectivity index (χ3n) is 2.15. The van der Waals surface area contributed by atoms with Gasteiger partial charge < -0.3 is 10.1 Å². The van der Waals surface area contributed by atoms with Crippen LogP contribution in [-0.2, 0) is 9.53 Å². The second-order valence-electron chi connectivity index (χ2n) is 3.43. The SMILES string of the molecule is CC[NH2+]CCOC(=O)C(I)c1ccccc1. The number of benzene rings is 1. The summed E-state index contributed by atoms with van der Waals surface area (Å²) in [6.07, 6.45) is 0. The van der Waals surface area contributed by atoms with E-state index in [1.807, 2.05) is 30.3 Å². The number of likely N-dealkylation sites (N-methyl/N-ethyl adjacent to an activating group) is 1. The molecule has 88 valence electrons. The predicted octanol–water partition coefficient (Wildman–Crippen LogP) is 1.29. The highest BCUT2D eigenvalue weighted by Crippen LogP contribution is 2.24. The van der Waals surface area contributed by atoms with Crippen molar-refractivity contribution in [2.45, 2.75) is 10.8 Å². The van der Waals surface area contributed by atoms with Gasteiger partial charge in [-0.05, 0) is 12.5 Å². The van der Waals surface area contributed by atoms with Crippen LogP contribution in [0.5, 0.6) is 0 Å². The minimum absolute atomic E-state index is 0.156. The van der Waals surface area contributed by atoms with Gasteiger partial charge in [0.05, 0.1) is 6.54 Å². The van der Waals surface area contributed by atoms with Gasteiger partial charge in [-0.2, -0.15) is 0 Å². The van der Waals surface area contributed by atoms with Gasteiger partial charge in [-0.15, -0.1) is 0 Å². The third-order valence-corrected chi connectivity index (χ3v) is 3.38. The van der Waals surface area contributed by atoms with Crippen molar-refractivity contribution >= 4 is 28.6 Å². The molecule has 0 aliphatic heterocycles. The molecule has 0 spiro atoms. The van der Waals surface area contributed by atoms with Gasteiger partial charge in [-0.25, -0.2) is 0 Å². The molecule has 0 bridgehead atoms. The third kappa shape index (κ3) is 4.49. The maximum Gasteiger partial charge on any atom is 0.323 e. The first kappa shape index (κ1) is 13.4. The predicted molar refractivity (Wildman–Crippen MR) is 71.5 cm³/mol. The number of alkyl halides is 1. The van der Waals surface area contributed by atoms with E-state index in [4.69, 9.17) is 4.74 Å². The summed E-state index contributed by atoms with van der Waals surface area (Å²) < 4.78 is 4.97. The Hall–Kier alpha value is -0.620. The molecule has 0 saturated carbocycles. The van der Waals surface area contributed by atoms with Crippen LogP contribution in [0.25, 0.3) is 0 Å². The molecule has 0 heterocycles. The Labute approximate surface area is 110 Å². The molecule has 16 heavy (non-hydrogen) atoms. The molecule has 0 radical (unpaired) electrons. The Bertz CT molecular complexity index is 316. The zero-order valence-corrected chi connectivity index (χ0v) is 11.5. The van der Waals surface area contributed by atoms with Gasteiger partial charge in [0.1, 0.15) is 17.1 Å². The van der Waals surface area contributed by atoms with Gasteiger partial charge >= 0.3 is 5.97 Å². The fourth-order valence-electron chi connectivity index (χ4n) is 1.28. The largest absolute Gasteiger partial charge is 0.459 e. The second-order valence-corrected chi connectivity index (χ2v) is 4.67. The molecular weight excluding hydrogens is 317 g/mol. The maximum atomic E-state index is 11.7. The van der Waals surface area contributed by atoms with Crippen molar-refractivity contribution in [3.05, 3.63) is 35.9 Å². The summed E-state index contributed by atoms with van der Waals surface area (Å²) in [6, 6.07) is 9.68. The number of carbonyl (C=O) groups is 1. The van der Waals surface area contributed by atoms with Crippen LogP contribution in [0, 0.1) is 0 Å². The van der Waals surface area contributed by atoms with E-state index in [0.29, 0.717) is 6.61 Å². The van der Waals surface area contributed by atoms with Crippen molar-refractivity contribution in [3.63, 3.8) is 0 Å². The van der Waals surface area contributed by atoms with Gasteiger partial charge in [-0.1, -0.05) is 52.9 Å². The van der Waals surface area contributed by atoms with E-state index in [-0.39, 0.29) is 9.89 Å². The molecule has 3 nitrogen and oxygen atoms in total. The monoisotopic (exact) mass is 334 g/mol. The highest BCUT2D eigenvalue weighted by molar-refractivity contribution is 14.1. The molecule has 1 rings (SSSR count). The summed E-state index contributed by atoms with van der Waals surface area (Å²) in [7, 11) is 0. The lowest BCUT2D eigenvalue weighted by Gasteiger charge is -2.09. The van der Waals surface area contributed by atoms with E-state index in [9.17, 15) is 4.79 Å². The summed E-state index contributed by atoms with van der Waals surface area (Å²) in [4.78, 5) is 11.7. The smallest absolute Gasteiger partial charge is 0.323 e. The lowest BCUT2D eigenvalue weighted by atomic mass is 10.2. The molecule has 0 aliphatic carbocycles. The van der Waals surface area contributed by atoms with Crippen LogP contribution in [-0.4, -0.2) is 25.7 Å². The van der Waals surface area contributed by atoms with E-state index in [1.54, 1.807) is 0 Å². The van der Waals surface area contributed by atoms with E-state index in [1.165, 1.54) is 0 Å². The van der Waals surface area contributed by atoms with Gasteiger partial charge in [0.15, 0.2) is 0 Å². The highest BCUT2D eigenvalue weighted by Gasteiger charge is 2.17. The van der Waals surface area contributed by atoms with Crippen LogP contribution in [0.2, 0.25) is 0 Å². The van der Waals surface area contributed by atoms with Crippen molar-refractivity contribution in [3.8, 4) is 0 Å². The van der Waals surface area contributed by atoms with Gasteiger partial charge in [0.2, 0.25) is 0 Å². The summed E-state index contributed by atoms with van der Waals surface area (Å²) in [5, 5.41) is 2.11. The van der Waals surface area contributed by atoms with Crippen molar-refractivity contribution in [2.75, 3.05) is 19.7 Å². The average Bonchev–Trinajstić information content (AvgIpc) is 2.34. The number of quaternary nitrogens is 1. The zero-order chi connectivity index (χ0) is 11.8. The Morgan fingerprint density at radius 3 is 2.75 bits per heavy atom. The first-order valence-corrected chi connectivity index (χ1v) is 6.67. The Morgan fingerprint density at radius 2 is 2.12 bits per heavy atom. The molecule has 1 unspecified atom stereocenters. The molecule has 4 heteroatoms. The number of esters is 1. The van der Waals surface area contributed by atoms with E-state index < -0.39 is 0 Å². The van der Waals surface area contributed by atoms with Crippen molar-refractivity contribution in [1.82, 2.24) is 0 Å². The normalized spacial score (nSPS) is 12.1. The standard InChI is InChI=1S/C12H16INO2/c1-2-14-8-9-16-12(15)11(13)10-6-4-3-5-7-10/h3-7,11,14H,2,8-9H2,1H3/p+1. The number of hydrogen-bond donors (Lipinski definition) is 1. The lowest BCUT2D eigenvalue weighted by molar-refractivity contribution is -0.652. The Morgan fingerprint density at radius 1 is 1.44 bits per heavy atom. The van der Waals surface area contributed by atoms with Crippen LogP contribution in [0.3, 0.4) is 0 Å². The molecule has 0 amide bonds. The fraction of sp³-hybridized carbons (Fsp3) is 0.417. The number of nitrogens with two attached hydrogens (primary N) is 1. The second kappa shape index (κ2) is 7.62. The molecule has 1 atom stereocenters. The quantitative estimate of drug-likeness (QED) is 0.369. The summed E-state index contributed by atoms with van der Waals surface area (Å²) in [6.45, 7) is 4.41. The van der Waals surface area contributed by atoms with Crippen LogP contribution in [0.15, 0.2) is 30.3 Å². The van der Waals surface area contributed by atoms with Gasteiger partial charge in [0, 0.05) is 0 Å². The average molecular weight is 334 g/mol. The van der Waals surface area contributed by atoms with Crippen molar-refractivity contribution in [1.29, 1.82) is 0 Å². The van der Waals surface area contributed by atoms with Crippen molar-refractivity contribution < 1.29 is 14.8 Å². The first-order valence-electron chi connectivity index (χ1n) is 5.43. The maximum absolute atomic E-state index is 11.7. The lowest BCUT2D eigenvalue weighted by Crippen LogP contribution is -2.84. The first-order chi connectivity index (χ1) is 7.75. The Balaban J connectivity index is 2.37. The summed E-state index contributed by atoms with van der Waals surface area (Å²) in [5.74, 6) is -0.156. The fourth-order valence-corrected chi connectivity index (χ4v) is 1.87.